The molecule has 46 heavy (non-hydrogen) atoms. The zero-order valence-corrected chi connectivity index (χ0v) is 27.2. The van der Waals surface area contributed by atoms with Gasteiger partial charge in [0.15, 0.2) is 0 Å². The van der Waals surface area contributed by atoms with Crippen LogP contribution in [0.5, 0.6) is 0 Å². The SMILES string of the molecule is CCCC(=O)OCOC(=O)N1C[C@@H](SC2=C(C(=O)OCOC(=O)c3ccccc3)N3C(=O)[C@H]([C@@H](C)O)[C@H]3[C@H]2C)C[C@H]1C(=O)N(C)C. The summed E-state index contributed by atoms with van der Waals surface area (Å²) in [4.78, 5) is 81.0. The molecule has 3 amide bonds. The van der Waals surface area contributed by atoms with Crippen molar-refractivity contribution in [2.24, 2.45) is 11.8 Å². The zero-order valence-electron chi connectivity index (χ0n) is 26.4. The molecule has 0 saturated carbocycles. The number of likely N-dealkylation sites (N-methyl/N-ethyl adjacent to an activating group) is 1. The van der Waals surface area contributed by atoms with Gasteiger partial charge in [0.05, 0.1) is 23.6 Å². The Balaban J connectivity index is 1.52. The molecule has 3 aliphatic heterocycles. The van der Waals surface area contributed by atoms with Gasteiger partial charge in [-0.05, 0) is 31.9 Å². The number of benzene rings is 1. The normalized spacial score (nSPS) is 24.1. The minimum atomic E-state index is -0.963. The summed E-state index contributed by atoms with van der Waals surface area (Å²) in [6.45, 7) is 3.91. The molecule has 0 aliphatic carbocycles. The monoisotopic (exact) mass is 661 g/mol. The average Bonchev–Trinajstić information content (AvgIpc) is 3.54. The lowest BCUT2D eigenvalue weighted by Gasteiger charge is -2.46. The standard InChI is InChI=1S/C31H39N3O11S/c1-6-10-22(36)42-15-45-31(41)33-14-20(13-21(33)27(37)32(4)5)46-26-17(2)24-23(18(3)35)28(38)34(24)25(26)30(40)44-16-43-29(39)19-11-8-7-9-12-19/h7-9,11-12,17-18,20-21,23-24,35H,6,10,13-16H2,1-5H3/t17-,18-,20+,21+,23-,24-/m1/s1. The van der Waals surface area contributed by atoms with Gasteiger partial charge in [0, 0.05) is 43.1 Å². The first-order valence-electron chi connectivity index (χ1n) is 15.0. The van der Waals surface area contributed by atoms with E-state index in [4.69, 9.17) is 18.9 Å². The highest BCUT2D eigenvalue weighted by Gasteiger charge is 2.60. The Morgan fingerprint density at radius 2 is 1.67 bits per heavy atom. The van der Waals surface area contributed by atoms with E-state index < -0.39 is 78.8 Å². The number of thioether (sulfide) groups is 1. The van der Waals surface area contributed by atoms with Crippen LogP contribution in [0.3, 0.4) is 0 Å². The van der Waals surface area contributed by atoms with E-state index in [1.807, 2.05) is 13.8 Å². The predicted molar refractivity (Wildman–Crippen MR) is 162 cm³/mol. The van der Waals surface area contributed by atoms with Crippen LogP contribution in [0, 0.1) is 11.8 Å². The van der Waals surface area contributed by atoms with Crippen molar-refractivity contribution in [2.75, 3.05) is 34.2 Å². The highest BCUT2D eigenvalue weighted by Crippen LogP contribution is 2.52. The van der Waals surface area contributed by atoms with Crippen LogP contribution in [0.25, 0.3) is 0 Å². The van der Waals surface area contributed by atoms with Gasteiger partial charge in [0.2, 0.25) is 25.4 Å². The van der Waals surface area contributed by atoms with Crippen LogP contribution >= 0.6 is 11.8 Å². The molecule has 15 heteroatoms. The quantitative estimate of drug-likeness (QED) is 0.197. The number of esters is 3. The lowest BCUT2D eigenvalue weighted by atomic mass is 9.79. The van der Waals surface area contributed by atoms with Gasteiger partial charge in [-0.1, -0.05) is 32.0 Å². The minimum Gasteiger partial charge on any atom is -0.428 e. The molecular formula is C31H39N3O11S. The summed E-state index contributed by atoms with van der Waals surface area (Å²) in [5.41, 5.74) is 0.242. The van der Waals surface area contributed by atoms with E-state index in [-0.39, 0.29) is 36.6 Å². The van der Waals surface area contributed by atoms with Crippen molar-refractivity contribution in [3.63, 3.8) is 0 Å². The Labute approximate surface area is 270 Å². The zero-order chi connectivity index (χ0) is 33.7. The first-order valence-corrected chi connectivity index (χ1v) is 15.9. The lowest BCUT2D eigenvalue weighted by molar-refractivity contribution is -0.166. The third kappa shape index (κ3) is 7.30. The number of amides is 3. The number of aliphatic hydroxyl groups excluding tert-OH is 1. The number of rotatable bonds is 12. The van der Waals surface area contributed by atoms with Gasteiger partial charge in [-0.2, -0.15) is 0 Å². The van der Waals surface area contributed by atoms with Crippen LogP contribution in [0.2, 0.25) is 0 Å². The molecule has 1 aromatic carbocycles. The van der Waals surface area contributed by atoms with Crippen molar-refractivity contribution in [1.29, 1.82) is 0 Å². The smallest absolute Gasteiger partial charge is 0.413 e. The molecule has 0 radical (unpaired) electrons. The summed E-state index contributed by atoms with van der Waals surface area (Å²) in [7, 11) is 3.12. The summed E-state index contributed by atoms with van der Waals surface area (Å²) in [6.07, 6.45) is -0.852. The number of carbonyl (C=O) groups is 6. The molecule has 250 valence electrons. The molecular weight excluding hydrogens is 622 g/mol. The summed E-state index contributed by atoms with van der Waals surface area (Å²) in [5, 5.41) is 9.91. The van der Waals surface area contributed by atoms with E-state index in [0.29, 0.717) is 11.3 Å². The van der Waals surface area contributed by atoms with E-state index in [1.54, 1.807) is 44.4 Å². The Morgan fingerprint density at radius 3 is 2.30 bits per heavy atom. The van der Waals surface area contributed by atoms with Gasteiger partial charge in [-0.25, -0.2) is 14.4 Å². The fourth-order valence-corrected chi connectivity index (χ4v) is 7.35. The van der Waals surface area contributed by atoms with E-state index >= 15 is 0 Å². The Morgan fingerprint density at radius 1 is 1.02 bits per heavy atom. The third-order valence-electron chi connectivity index (χ3n) is 8.06. The molecule has 1 N–H and O–H groups in total. The van der Waals surface area contributed by atoms with Crippen LogP contribution in [0.4, 0.5) is 4.79 Å². The Hall–Kier alpha value is -4.11. The van der Waals surface area contributed by atoms with Crippen LogP contribution in [0.15, 0.2) is 40.9 Å². The van der Waals surface area contributed by atoms with E-state index in [1.165, 1.54) is 33.4 Å². The molecule has 1 aromatic rings. The number of aliphatic hydroxyl groups is 1. The second-order valence-electron chi connectivity index (χ2n) is 11.5. The van der Waals surface area contributed by atoms with Crippen LogP contribution in [-0.2, 0) is 38.1 Å². The van der Waals surface area contributed by atoms with Crippen molar-refractivity contribution in [2.45, 2.75) is 63.5 Å². The third-order valence-corrected chi connectivity index (χ3v) is 9.56. The molecule has 14 nitrogen and oxygen atoms in total. The van der Waals surface area contributed by atoms with Gasteiger partial charge >= 0.3 is 24.0 Å². The van der Waals surface area contributed by atoms with E-state index in [2.05, 4.69) is 0 Å². The van der Waals surface area contributed by atoms with E-state index in [0.717, 1.165) is 0 Å². The number of fused-ring (bicyclic) bond motifs is 1. The van der Waals surface area contributed by atoms with Gasteiger partial charge in [-0.15, -0.1) is 11.8 Å². The molecule has 3 heterocycles. The number of nitrogens with zero attached hydrogens (tertiary/aromatic N) is 3. The van der Waals surface area contributed by atoms with Crippen molar-refractivity contribution < 1.29 is 52.8 Å². The van der Waals surface area contributed by atoms with Crippen LogP contribution in [0.1, 0.15) is 50.4 Å². The topological polar surface area (TPSA) is 169 Å². The number of β-lactam (4-membered cyclic amide) rings is 1. The number of likely N-dealkylation sites (tertiary alicyclic amines) is 1. The summed E-state index contributed by atoms with van der Waals surface area (Å²) in [6, 6.07) is 6.76. The predicted octanol–water partition coefficient (Wildman–Crippen LogP) is 2.11. The lowest BCUT2D eigenvalue weighted by Crippen LogP contribution is -2.63. The van der Waals surface area contributed by atoms with Crippen molar-refractivity contribution in [1.82, 2.24) is 14.7 Å². The first-order chi connectivity index (χ1) is 21.9. The fraction of sp³-hybridized carbons (Fsp3) is 0.548. The molecule has 0 spiro atoms. The van der Waals surface area contributed by atoms with E-state index in [9.17, 15) is 33.9 Å². The number of hydrogen-bond acceptors (Lipinski definition) is 12. The second-order valence-corrected chi connectivity index (χ2v) is 12.8. The number of ether oxygens (including phenoxy) is 4. The second kappa shape index (κ2) is 15.0. The highest BCUT2D eigenvalue weighted by atomic mass is 32.2. The maximum Gasteiger partial charge on any atom is 0.413 e. The Bertz CT molecular complexity index is 1380. The van der Waals surface area contributed by atoms with Crippen LogP contribution < -0.4 is 0 Å². The minimum absolute atomic E-state index is 0.0282. The summed E-state index contributed by atoms with van der Waals surface area (Å²) < 4.78 is 20.5. The highest BCUT2D eigenvalue weighted by molar-refractivity contribution is 8.03. The van der Waals surface area contributed by atoms with Gasteiger partial charge in [0.1, 0.15) is 11.7 Å². The van der Waals surface area contributed by atoms with Crippen molar-refractivity contribution >= 4 is 47.6 Å². The number of hydrogen-bond donors (Lipinski definition) is 1. The van der Waals surface area contributed by atoms with Gasteiger partial charge < -0.3 is 33.9 Å². The first kappa shape index (κ1) is 34.8. The molecule has 3 aliphatic rings. The van der Waals surface area contributed by atoms with Crippen molar-refractivity contribution in [3.8, 4) is 0 Å². The Kier molecular flexibility index (Phi) is 11.3. The van der Waals surface area contributed by atoms with Gasteiger partial charge in [0.25, 0.3) is 0 Å². The molecule has 0 unspecified atom stereocenters. The molecule has 6 atom stereocenters. The van der Waals surface area contributed by atoms with Crippen LogP contribution in [-0.4, -0.2) is 113 Å². The maximum atomic E-state index is 13.4. The largest absolute Gasteiger partial charge is 0.428 e. The average molecular weight is 662 g/mol. The molecule has 2 saturated heterocycles. The fourth-order valence-electron chi connectivity index (χ4n) is 5.83. The van der Waals surface area contributed by atoms with Crippen molar-refractivity contribution in [3.05, 3.63) is 46.5 Å². The summed E-state index contributed by atoms with van der Waals surface area (Å²) >= 11 is 1.24. The maximum absolute atomic E-state index is 13.4. The molecule has 0 bridgehead atoms. The summed E-state index contributed by atoms with van der Waals surface area (Å²) in [5.74, 6) is -4.01. The van der Waals surface area contributed by atoms with Gasteiger partial charge in [-0.3, -0.25) is 19.3 Å². The number of carbonyl (C=O) groups excluding carboxylic acids is 6. The molecule has 4 rings (SSSR count). The molecule has 0 aromatic heterocycles. The molecule has 2 fully saturated rings.